The van der Waals surface area contributed by atoms with Crippen LogP contribution in [0.2, 0.25) is 0 Å². The number of carbonyl (C=O) groups is 2. The highest BCUT2D eigenvalue weighted by Crippen LogP contribution is 2.34. The van der Waals surface area contributed by atoms with Crippen LogP contribution in [0.3, 0.4) is 0 Å². The van der Waals surface area contributed by atoms with E-state index in [2.05, 4.69) is 0 Å². The Bertz CT molecular complexity index is 588. The van der Waals surface area contributed by atoms with Crippen LogP contribution >= 0.6 is 0 Å². The maximum atomic E-state index is 13.1. The Hall–Kier alpha value is -1.88. The molecule has 0 aromatic heterocycles. The summed E-state index contributed by atoms with van der Waals surface area (Å²) in [5.74, 6) is -1.26. The number of morpholine rings is 1. The second-order valence-electron chi connectivity index (χ2n) is 6.96. The first-order valence-electron chi connectivity index (χ1n) is 8.76. The van der Waals surface area contributed by atoms with Crippen LogP contribution in [0.5, 0.6) is 0 Å². The highest BCUT2D eigenvalue weighted by Gasteiger charge is 2.38. The number of benzene rings is 1. The first-order valence-corrected chi connectivity index (χ1v) is 8.76. The normalized spacial score (nSPS) is 30.8. The molecule has 2 aliphatic rings. The Labute approximate surface area is 142 Å². The molecule has 1 amide bonds. The highest BCUT2D eigenvalue weighted by atomic mass is 16.5. The molecular formula is C19H25NO4. The van der Waals surface area contributed by atoms with Gasteiger partial charge in [-0.25, -0.2) is 0 Å². The third-order valence-corrected chi connectivity index (χ3v) is 5.21. The van der Waals surface area contributed by atoms with Crippen molar-refractivity contribution in [2.24, 2.45) is 11.8 Å². The lowest BCUT2D eigenvalue weighted by Gasteiger charge is -2.41. The quantitative estimate of drug-likeness (QED) is 0.925. The molecule has 1 aliphatic carbocycles. The van der Waals surface area contributed by atoms with Crippen LogP contribution in [0.4, 0.5) is 0 Å². The van der Waals surface area contributed by atoms with Gasteiger partial charge in [0.15, 0.2) is 0 Å². The van der Waals surface area contributed by atoms with Crippen molar-refractivity contribution in [1.29, 1.82) is 0 Å². The number of carboxylic acids is 1. The number of hydrogen-bond acceptors (Lipinski definition) is 3. The summed E-state index contributed by atoms with van der Waals surface area (Å²) in [5.41, 5.74) is 1.07. The van der Waals surface area contributed by atoms with Crippen molar-refractivity contribution in [3.8, 4) is 0 Å². The van der Waals surface area contributed by atoms with Gasteiger partial charge in [-0.15, -0.1) is 0 Å². The van der Waals surface area contributed by atoms with Gasteiger partial charge in [-0.3, -0.25) is 9.59 Å². The van der Waals surface area contributed by atoms with Crippen LogP contribution < -0.4 is 0 Å². The molecule has 1 heterocycles. The molecule has 24 heavy (non-hydrogen) atoms. The standard InChI is InChI=1S/C19H25NO4/c1-13-11-20(17(12-24-13)14-6-3-2-4-7-14)18(21)15-8-5-9-16(10-15)19(22)23/h2-4,6-7,13,15-17H,5,8-12H2,1H3,(H,22,23). The van der Waals surface area contributed by atoms with E-state index in [4.69, 9.17) is 4.74 Å². The van der Waals surface area contributed by atoms with Gasteiger partial charge in [0.2, 0.25) is 5.91 Å². The van der Waals surface area contributed by atoms with Gasteiger partial charge < -0.3 is 14.7 Å². The predicted molar refractivity (Wildman–Crippen MR) is 89.4 cm³/mol. The van der Waals surface area contributed by atoms with Crippen LogP contribution in [0.1, 0.15) is 44.2 Å². The molecule has 0 radical (unpaired) electrons. The molecule has 5 heteroatoms. The van der Waals surface area contributed by atoms with Crippen molar-refractivity contribution in [3.05, 3.63) is 35.9 Å². The van der Waals surface area contributed by atoms with Crippen molar-refractivity contribution in [3.63, 3.8) is 0 Å². The molecule has 2 fully saturated rings. The van der Waals surface area contributed by atoms with Gasteiger partial charge >= 0.3 is 5.97 Å². The molecule has 0 bridgehead atoms. The minimum atomic E-state index is -0.776. The number of carboxylic acid groups (broad SMARTS) is 1. The minimum absolute atomic E-state index is 0.00720. The van der Waals surface area contributed by atoms with Crippen molar-refractivity contribution >= 4 is 11.9 Å². The van der Waals surface area contributed by atoms with Crippen LogP contribution in [-0.4, -0.2) is 41.1 Å². The molecule has 1 aromatic rings. The van der Waals surface area contributed by atoms with Gasteiger partial charge in [0.25, 0.3) is 0 Å². The number of aliphatic carboxylic acids is 1. The number of rotatable bonds is 3. The second kappa shape index (κ2) is 7.34. The maximum Gasteiger partial charge on any atom is 0.306 e. The molecule has 1 N–H and O–H groups in total. The lowest BCUT2D eigenvalue weighted by Crippen LogP contribution is -2.49. The lowest BCUT2D eigenvalue weighted by molar-refractivity contribution is -0.152. The second-order valence-corrected chi connectivity index (χ2v) is 6.96. The average Bonchev–Trinajstić information content (AvgIpc) is 2.62. The molecule has 5 nitrogen and oxygen atoms in total. The fraction of sp³-hybridized carbons (Fsp3) is 0.579. The van der Waals surface area contributed by atoms with E-state index in [9.17, 15) is 14.7 Å². The van der Waals surface area contributed by atoms with E-state index in [1.165, 1.54) is 0 Å². The SMILES string of the molecule is CC1CN(C(=O)C2CCCC(C(=O)O)C2)C(c2ccccc2)CO1. The summed E-state index contributed by atoms with van der Waals surface area (Å²) in [6, 6.07) is 9.85. The van der Waals surface area contributed by atoms with E-state index in [0.717, 1.165) is 18.4 Å². The van der Waals surface area contributed by atoms with E-state index >= 15 is 0 Å². The van der Waals surface area contributed by atoms with Gasteiger partial charge in [-0.1, -0.05) is 36.8 Å². The molecule has 130 valence electrons. The third kappa shape index (κ3) is 3.61. The smallest absolute Gasteiger partial charge is 0.306 e. The van der Waals surface area contributed by atoms with Gasteiger partial charge in [-0.2, -0.15) is 0 Å². The Kier molecular flexibility index (Phi) is 5.19. The lowest BCUT2D eigenvalue weighted by atomic mass is 9.80. The van der Waals surface area contributed by atoms with Gasteiger partial charge in [0.1, 0.15) is 0 Å². The van der Waals surface area contributed by atoms with Crippen LogP contribution in [0, 0.1) is 11.8 Å². The van der Waals surface area contributed by atoms with Gasteiger partial charge in [-0.05, 0) is 31.7 Å². The first-order chi connectivity index (χ1) is 11.6. The summed E-state index contributed by atoms with van der Waals surface area (Å²) in [6.45, 7) is 3.03. The highest BCUT2D eigenvalue weighted by molar-refractivity contribution is 5.81. The molecule has 1 aromatic carbocycles. The Morgan fingerprint density at radius 1 is 1.17 bits per heavy atom. The van der Waals surface area contributed by atoms with E-state index in [-0.39, 0.29) is 29.9 Å². The van der Waals surface area contributed by atoms with Crippen molar-refractivity contribution in [2.75, 3.05) is 13.2 Å². The summed E-state index contributed by atoms with van der Waals surface area (Å²) in [4.78, 5) is 26.3. The monoisotopic (exact) mass is 331 g/mol. The van der Waals surface area contributed by atoms with Crippen LogP contribution in [0.25, 0.3) is 0 Å². The minimum Gasteiger partial charge on any atom is -0.481 e. The maximum absolute atomic E-state index is 13.1. The van der Waals surface area contributed by atoms with E-state index in [1.807, 2.05) is 42.2 Å². The van der Waals surface area contributed by atoms with Crippen molar-refractivity contribution < 1.29 is 19.4 Å². The fourth-order valence-corrected chi connectivity index (χ4v) is 3.87. The topological polar surface area (TPSA) is 66.8 Å². The third-order valence-electron chi connectivity index (χ3n) is 5.21. The van der Waals surface area contributed by atoms with E-state index in [1.54, 1.807) is 0 Å². The zero-order valence-electron chi connectivity index (χ0n) is 14.1. The Balaban J connectivity index is 1.78. The largest absolute Gasteiger partial charge is 0.481 e. The Morgan fingerprint density at radius 2 is 1.88 bits per heavy atom. The summed E-state index contributed by atoms with van der Waals surface area (Å²) in [7, 11) is 0. The zero-order chi connectivity index (χ0) is 17.1. The molecule has 1 aliphatic heterocycles. The zero-order valence-corrected chi connectivity index (χ0v) is 14.1. The molecule has 1 saturated carbocycles. The van der Waals surface area contributed by atoms with Gasteiger partial charge in [0.05, 0.1) is 24.7 Å². The summed E-state index contributed by atoms with van der Waals surface area (Å²) in [6.07, 6.45) is 2.74. The number of hydrogen-bond donors (Lipinski definition) is 1. The van der Waals surface area contributed by atoms with Crippen LogP contribution in [0.15, 0.2) is 30.3 Å². The van der Waals surface area contributed by atoms with Crippen molar-refractivity contribution in [2.45, 2.75) is 44.8 Å². The predicted octanol–water partition coefficient (Wildman–Crippen LogP) is 2.87. The van der Waals surface area contributed by atoms with E-state index in [0.29, 0.717) is 26.0 Å². The summed E-state index contributed by atoms with van der Waals surface area (Å²) in [5, 5.41) is 9.28. The number of carbonyl (C=O) groups excluding carboxylic acids is 1. The summed E-state index contributed by atoms with van der Waals surface area (Å²) < 4.78 is 5.78. The van der Waals surface area contributed by atoms with Crippen molar-refractivity contribution in [1.82, 2.24) is 4.90 Å². The first kappa shape index (κ1) is 17.0. The Morgan fingerprint density at radius 3 is 2.58 bits per heavy atom. The number of amides is 1. The molecule has 0 spiro atoms. The molecular weight excluding hydrogens is 306 g/mol. The summed E-state index contributed by atoms with van der Waals surface area (Å²) >= 11 is 0. The number of ether oxygens (including phenoxy) is 1. The van der Waals surface area contributed by atoms with E-state index < -0.39 is 5.97 Å². The van der Waals surface area contributed by atoms with Gasteiger partial charge in [0, 0.05) is 12.5 Å². The molecule has 4 atom stereocenters. The fourth-order valence-electron chi connectivity index (χ4n) is 3.87. The molecule has 1 saturated heterocycles. The molecule has 3 rings (SSSR count). The number of nitrogens with zero attached hydrogens (tertiary/aromatic N) is 1. The molecule has 4 unspecified atom stereocenters. The average molecular weight is 331 g/mol. The van der Waals surface area contributed by atoms with Crippen LogP contribution in [-0.2, 0) is 14.3 Å².